The van der Waals surface area contributed by atoms with Crippen molar-refractivity contribution >= 4 is 10.9 Å². The highest BCUT2D eigenvalue weighted by Crippen LogP contribution is 2.33. The van der Waals surface area contributed by atoms with Gasteiger partial charge in [-0.05, 0) is 45.9 Å². The first-order chi connectivity index (χ1) is 7.82. The summed E-state index contributed by atoms with van der Waals surface area (Å²) in [5.74, 6) is 0.312. The normalized spacial score (nSPS) is 12.6. The third kappa shape index (κ3) is 1.91. The summed E-state index contributed by atoms with van der Waals surface area (Å²) in [6.07, 6.45) is 0. The number of nitrogens with two attached hydrogens (primary N) is 1. The molecule has 0 spiro atoms. The molecule has 3 N–H and O–H groups in total. The molecule has 0 aliphatic carbocycles. The summed E-state index contributed by atoms with van der Waals surface area (Å²) >= 11 is 0. The molecule has 0 bridgehead atoms. The van der Waals surface area contributed by atoms with Gasteiger partial charge in [0.15, 0.2) is 0 Å². The van der Waals surface area contributed by atoms with Crippen molar-refractivity contribution in [1.29, 1.82) is 0 Å². The van der Waals surface area contributed by atoms with Crippen LogP contribution in [0.5, 0.6) is 5.75 Å². The molecule has 0 atom stereocenters. The van der Waals surface area contributed by atoms with Crippen LogP contribution in [0, 0.1) is 0 Å². The van der Waals surface area contributed by atoms with Gasteiger partial charge in [-0.25, -0.2) is 0 Å². The molecule has 1 aromatic heterocycles. The number of rotatable bonds is 2. The van der Waals surface area contributed by atoms with E-state index in [-0.39, 0.29) is 0 Å². The molecular weight excluding hydrogens is 212 g/mol. The first-order valence-electron chi connectivity index (χ1n) is 5.94. The predicted molar refractivity (Wildman–Crippen MR) is 71.2 cm³/mol. The van der Waals surface area contributed by atoms with E-state index in [0.717, 1.165) is 16.6 Å². The molecule has 3 nitrogen and oxygen atoms in total. The Kier molecular flexibility index (Phi) is 2.66. The van der Waals surface area contributed by atoms with Crippen molar-refractivity contribution in [2.24, 2.45) is 5.73 Å². The average Bonchev–Trinajstić information content (AvgIpc) is 2.57. The first-order valence-corrected chi connectivity index (χ1v) is 5.94. The maximum atomic E-state index is 9.90. The Morgan fingerprint density at radius 2 is 1.94 bits per heavy atom. The topological polar surface area (TPSA) is 51.2 Å². The van der Waals surface area contributed by atoms with E-state index < -0.39 is 5.54 Å². The zero-order chi connectivity index (χ0) is 12.8. The lowest BCUT2D eigenvalue weighted by Gasteiger charge is -2.24. The molecule has 2 aromatic rings. The van der Waals surface area contributed by atoms with E-state index in [1.807, 2.05) is 32.0 Å². The van der Waals surface area contributed by atoms with E-state index in [1.54, 1.807) is 6.07 Å². The smallest absolute Gasteiger partial charge is 0.124 e. The van der Waals surface area contributed by atoms with Gasteiger partial charge in [-0.3, -0.25) is 0 Å². The van der Waals surface area contributed by atoms with Crippen molar-refractivity contribution < 1.29 is 5.11 Å². The van der Waals surface area contributed by atoms with Crippen LogP contribution in [0.4, 0.5) is 0 Å². The van der Waals surface area contributed by atoms with Gasteiger partial charge in [-0.2, -0.15) is 0 Å². The zero-order valence-corrected chi connectivity index (χ0v) is 10.9. The van der Waals surface area contributed by atoms with Crippen molar-refractivity contribution in [3.05, 3.63) is 30.0 Å². The number of hydrogen-bond acceptors (Lipinski definition) is 2. The number of phenols is 1. The van der Waals surface area contributed by atoms with Gasteiger partial charge in [-0.15, -0.1) is 0 Å². The molecule has 0 fully saturated rings. The molecule has 0 aliphatic heterocycles. The molecule has 0 amide bonds. The number of fused-ring (bicyclic) bond motifs is 1. The molecular formula is C14H20N2O. The minimum absolute atomic E-state index is 0.312. The Bertz CT molecular complexity index is 547. The van der Waals surface area contributed by atoms with Crippen LogP contribution in [0.2, 0.25) is 0 Å². The molecule has 3 heteroatoms. The van der Waals surface area contributed by atoms with Crippen molar-refractivity contribution in [2.45, 2.75) is 39.3 Å². The van der Waals surface area contributed by atoms with Gasteiger partial charge in [0.1, 0.15) is 5.75 Å². The van der Waals surface area contributed by atoms with Gasteiger partial charge in [0, 0.05) is 17.1 Å². The summed E-state index contributed by atoms with van der Waals surface area (Å²) in [6.45, 7) is 8.21. The fourth-order valence-corrected chi connectivity index (χ4v) is 2.29. The summed E-state index contributed by atoms with van der Waals surface area (Å²) in [4.78, 5) is 0. The Morgan fingerprint density at radius 1 is 1.29 bits per heavy atom. The van der Waals surface area contributed by atoms with E-state index >= 15 is 0 Å². The Labute approximate surface area is 102 Å². The monoisotopic (exact) mass is 232 g/mol. The standard InChI is InChI=1S/C14H20N2O/c1-9(2)16-11-6-5-7-12(17)10(11)8-13(16)14(3,4)15/h5-9,17H,15H2,1-4H3. The van der Waals surface area contributed by atoms with Crippen molar-refractivity contribution in [2.75, 3.05) is 0 Å². The van der Waals surface area contributed by atoms with E-state index in [9.17, 15) is 5.11 Å². The lowest BCUT2D eigenvalue weighted by Crippen LogP contribution is -2.32. The maximum Gasteiger partial charge on any atom is 0.124 e. The number of phenolic OH excluding ortho intramolecular Hbond substituents is 1. The average molecular weight is 232 g/mol. The number of hydrogen-bond donors (Lipinski definition) is 2. The van der Waals surface area contributed by atoms with Crippen LogP contribution in [0.1, 0.15) is 39.4 Å². The molecule has 2 rings (SSSR count). The van der Waals surface area contributed by atoms with Crippen LogP contribution in [-0.2, 0) is 5.54 Å². The van der Waals surface area contributed by atoms with Crippen LogP contribution >= 0.6 is 0 Å². The van der Waals surface area contributed by atoms with Crippen LogP contribution in [0.15, 0.2) is 24.3 Å². The summed E-state index contributed by atoms with van der Waals surface area (Å²) in [5.41, 5.74) is 7.87. The molecule has 1 aromatic carbocycles. The summed E-state index contributed by atoms with van der Waals surface area (Å²) in [6, 6.07) is 7.89. The van der Waals surface area contributed by atoms with E-state index in [0.29, 0.717) is 11.8 Å². The van der Waals surface area contributed by atoms with Crippen LogP contribution < -0.4 is 5.73 Å². The van der Waals surface area contributed by atoms with Gasteiger partial charge < -0.3 is 15.4 Å². The van der Waals surface area contributed by atoms with E-state index in [2.05, 4.69) is 18.4 Å². The quantitative estimate of drug-likeness (QED) is 0.835. The number of aromatic hydroxyl groups is 1. The van der Waals surface area contributed by atoms with Crippen LogP contribution in [-0.4, -0.2) is 9.67 Å². The fraction of sp³-hybridized carbons (Fsp3) is 0.429. The van der Waals surface area contributed by atoms with E-state index in [4.69, 9.17) is 5.73 Å². The summed E-state index contributed by atoms with van der Waals surface area (Å²) in [7, 11) is 0. The van der Waals surface area contributed by atoms with Gasteiger partial charge >= 0.3 is 0 Å². The van der Waals surface area contributed by atoms with Gasteiger partial charge in [0.25, 0.3) is 0 Å². The van der Waals surface area contributed by atoms with Gasteiger partial charge in [0.2, 0.25) is 0 Å². The third-order valence-electron chi connectivity index (χ3n) is 3.04. The Morgan fingerprint density at radius 3 is 2.47 bits per heavy atom. The van der Waals surface area contributed by atoms with Crippen LogP contribution in [0.3, 0.4) is 0 Å². The van der Waals surface area contributed by atoms with Crippen molar-refractivity contribution in [3.8, 4) is 5.75 Å². The molecule has 0 saturated carbocycles. The first kappa shape index (κ1) is 12.0. The molecule has 17 heavy (non-hydrogen) atoms. The summed E-state index contributed by atoms with van der Waals surface area (Å²) < 4.78 is 2.19. The highest BCUT2D eigenvalue weighted by molar-refractivity contribution is 5.87. The molecule has 0 saturated heterocycles. The molecule has 1 heterocycles. The van der Waals surface area contributed by atoms with Gasteiger partial charge in [0.05, 0.1) is 11.1 Å². The highest BCUT2D eigenvalue weighted by atomic mass is 16.3. The molecule has 92 valence electrons. The third-order valence-corrected chi connectivity index (χ3v) is 3.04. The minimum Gasteiger partial charge on any atom is -0.507 e. The predicted octanol–water partition coefficient (Wildman–Crippen LogP) is 3.12. The minimum atomic E-state index is -0.421. The number of aromatic nitrogens is 1. The second-order valence-electron chi connectivity index (χ2n) is 5.42. The van der Waals surface area contributed by atoms with Crippen molar-refractivity contribution in [1.82, 2.24) is 4.57 Å². The number of benzene rings is 1. The Balaban J connectivity index is 2.85. The molecule has 0 radical (unpaired) electrons. The number of nitrogens with zero attached hydrogens (tertiary/aromatic N) is 1. The second kappa shape index (κ2) is 3.77. The van der Waals surface area contributed by atoms with E-state index in [1.165, 1.54) is 0 Å². The zero-order valence-electron chi connectivity index (χ0n) is 10.9. The second-order valence-corrected chi connectivity index (χ2v) is 5.42. The molecule has 0 unspecified atom stereocenters. The fourth-order valence-electron chi connectivity index (χ4n) is 2.29. The maximum absolute atomic E-state index is 9.90. The molecule has 0 aliphatic rings. The summed E-state index contributed by atoms with van der Waals surface area (Å²) in [5, 5.41) is 10.8. The Hall–Kier alpha value is -1.48. The van der Waals surface area contributed by atoms with Crippen molar-refractivity contribution in [3.63, 3.8) is 0 Å². The van der Waals surface area contributed by atoms with Crippen LogP contribution in [0.25, 0.3) is 10.9 Å². The van der Waals surface area contributed by atoms with Gasteiger partial charge in [-0.1, -0.05) is 6.07 Å². The lowest BCUT2D eigenvalue weighted by atomic mass is 10.0. The largest absolute Gasteiger partial charge is 0.507 e. The highest BCUT2D eigenvalue weighted by Gasteiger charge is 2.23. The SMILES string of the molecule is CC(C)n1c(C(C)(C)N)cc2c(O)cccc21. The lowest BCUT2D eigenvalue weighted by molar-refractivity contribution is 0.474.